The van der Waals surface area contributed by atoms with Gasteiger partial charge in [-0.3, -0.25) is 0 Å². The van der Waals surface area contributed by atoms with Crippen LogP contribution in [0.3, 0.4) is 0 Å². The standard InChI is InChI=1S/C26H27Cl/c1-6-21-16-23(26(27)15-18(21)3)14-13-22-10-8-12-25(20(22)5)24-11-7-9-17(2)19(24)4/h6-12,15-16H,1,13-14H2,2-5H3. The van der Waals surface area contributed by atoms with Crippen molar-refractivity contribution in [1.82, 2.24) is 0 Å². The molecule has 138 valence electrons. The third-order valence-corrected chi connectivity index (χ3v) is 6.01. The molecule has 0 radical (unpaired) electrons. The summed E-state index contributed by atoms with van der Waals surface area (Å²) >= 11 is 6.50. The molecule has 0 saturated carbocycles. The van der Waals surface area contributed by atoms with Gasteiger partial charge < -0.3 is 0 Å². The Morgan fingerprint density at radius 2 is 1.41 bits per heavy atom. The predicted octanol–water partition coefficient (Wildman–Crippen LogP) is 7.67. The number of hydrogen-bond donors (Lipinski definition) is 0. The molecule has 1 heteroatoms. The van der Waals surface area contributed by atoms with E-state index in [2.05, 4.69) is 76.7 Å². The molecule has 0 aliphatic heterocycles. The Morgan fingerprint density at radius 1 is 0.778 bits per heavy atom. The van der Waals surface area contributed by atoms with Gasteiger partial charge in [0.1, 0.15) is 0 Å². The van der Waals surface area contributed by atoms with Crippen LogP contribution in [0.25, 0.3) is 17.2 Å². The van der Waals surface area contributed by atoms with E-state index >= 15 is 0 Å². The van der Waals surface area contributed by atoms with E-state index < -0.39 is 0 Å². The van der Waals surface area contributed by atoms with Crippen molar-refractivity contribution >= 4 is 17.7 Å². The minimum Gasteiger partial charge on any atom is -0.0985 e. The number of aryl methyl sites for hydroxylation is 4. The maximum atomic E-state index is 6.50. The monoisotopic (exact) mass is 374 g/mol. The predicted molar refractivity (Wildman–Crippen MR) is 120 cm³/mol. The fourth-order valence-corrected chi connectivity index (χ4v) is 4.02. The van der Waals surface area contributed by atoms with Gasteiger partial charge >= 0.3 is 0 Å². The zero-order chi connectivity index (χ0) is 19.6. The van der Waals surface area contributed by atoms with Crippen LogP contribution in [-0.4, -0.2) is 0 Å². The van der Waals surface area contributed by atoms with Crippen LogP contribution in [0, 0.1) is 27.7 Å². The topological polar surface area (TPSA) is 0 Å². The van der Waals surface area contributed by atoms with E-state index in [4.69, 9.17) is 11.6 Å². The van der Waals surface area contributed by atoms with E-state index in [0.717, 1.165) is 23.4 Å². The molecule has 0 nitrogen and oxygen atoms in total. The quantitative estimate of drug-likeness (QED) is 0.429. The minimum atomic E-state index is 0.849. The molecule has 0 amide bonds. The largest absolute Gasteiger partial charge is 0.0985 e. The first-order chi connectivity index (χ1) is 12.9. The highest BCUT2D eigenvalue weighted by molar-refractivity contribution is 6.31. The lowest BCUT2D eigenvalue weighted by molar-refractivity contribution is 0.948. The first-order valence-electron chi connectivity index (χ1n) is 9.49. The van der Waals surface area contributed by atoms with E-state index in [9.17, 15) is 0 Å². The Balaban J connectivity index is 1.92. The molecule has 0 aliphatic carbocycles. The number of rotatable bonds is 5. The van der Waals surface area contributed by atoms with E-state index in [1.165, 1.54) is 44.5 Å². The van der Waals surface area contributed by atoms with Crippen LogP contribution in [0.15, 0.2) is 55.1 Å². The molecule has 3 aromatic rings. The molecule has 0 unspecified atom stereocenters. The number of hydrogen-bond acceptors (Lipinski definition) is 0. The molecule has 0 saturated heterocycles. The zero-order valence-corrected chi connectivity index (χ0v) is 17.5. The Morgan fingerprint density at radius 3 is 2.11 bits per heavy atom. The van der Waals surface area contributed by atoms with Crippen molar-refractivity contribution in [1.29, 1.82) is 0 Å². The molecular weight excluding hydrogens is 348 g/mol. The van der Waals surface area contributed by atoms with Gasteiger partial charge in [0, 0.05) is 5.02 Å². The van der Waals surface area contributed by atoms with Crippen LogP contribution >= 0.6 is 11.6 Å². The highest BCUT2D eigenvalue weighted by Gasteiger charge is 2.11. The maximum absolute atomic E-state index is 6.50. The SMILES string of the molecule is C=Cc1cc(CCc2cccc(-c3cccc(C)c3C)c2C)c(Cl)cc1C. The van der Waals surface area contributed by atoms with Gasteiger partial charge in [0.25, 0.3) is 0 Å². The second-order valence-electron chi connectivity index (χ2n) is 7.34. The van der Waals surface area contributed by atoms with Crippen LogP contribution < -0.4 is 0 Å². The van der Waals surface area contributed by atoms with Crippen LogP contribution in [0.5, 0.6) is 0 Å². The lowest BCUT2D eigenvalue weighted by Crippen LogP contribution is -1.99. The second-order valence-corrected chi connectivity index (χ2v) is 7.75. The van der Waals surface area contributed by atoms with Gasteiger partial charge in [-0.2, -0.15) is 0 Å². The smallest absolute Gasteiger partial charge is 0.0441 e. The fraction of sp³-hybridized carbons (Fsp3) is 0.231. The summed E-state index contributed by atoms with van der Waals surface area (Å²) in [5, 5.41) is 0.849. The van der Waals surface area contributed by atoms with Crippen LogP contribution in [0.2, 0.25) is 5.02 Å². The van der Waals surface area contributed by atoms with Crippen LogP contribution in [-0.2, 0) is 12.8 Å². The molecule has 0 fully saturated rings. The van der Waals surface area contributed by atoms with Gasteiger partial charge in [-0.05, 0) is 96.7 Å². The Hall–Kier alpha value is -2.31. The molecule has 27 heavy (non-hydrogen) atoms. The summed E-state index contributed by atoms with van der Waals surface area (Å²) in [5.74, 6) is 0. The summed E-state index contributed by atoms with van der Waals surface area (Å²) in [7, 11) is 0. The van der Waals surface area contributed by atoms with Crippen molar-refractivity contribution in [3.8, 4) is 11.1 Å². The lowest BCUT2D eigenvalue weighted by Gasteiger charge is -2.15. The summed E-state index contributed by atoms with van der Waals surface area (Å²) in [4.78, 5) is 0. The molecule has 0 spiro atoms. The van der Waals surface area contributed by atoms with E-state index in [1.54, 1.807) is 0 Å². The third kappa shape index (κ3) is 4.01. The molecule has 0 N–H and O–H groups in total. The maximum Gasteiger partial charge on any atom is 0.0441 e. The summed E-state index contributed by atoms with van der Waals surface area (Å²) in [6.07, 6.45) is 3.81. The third-order valence-electron chi connectivity index (χ3n) is 5.66. The van der Waals surface area contributed by atoms with Crippen molar-refractivity contribution < 1.29 is 0 Å². The minimum absolute atomic E-state index is 0.849. The van der Waals surface area contributed by atoms with Gasteiger partial charge in [0.15, 0.2) is 0 Å². The Kier molecular flexibility index (Phi) is 5.87. The highest BCUT2D eigenvalue weighted by atomic mass is 35.5. The summed E-state index contributed by atoms with van der Waals surface area (Å²) in [6, 6.07) is 17.4. The van der Waals surface area contributed by atoms with E-state index in [1.807, 2.05) is 12.1 Å². The van der Waals surface area contributed by atoms with Crippen LogP contribution in [0.1, 0.15) is 38.9 Å². The van der Waals surface area contributed by atoms with Gasteiger partial charge in [0.05, 0.1) is 0 Å². The zero-order valence-electron chi connectivity index (χ0n) is 16.7. The van der Waals surface area contributed by atoms with Gasteiger partial charge in [-0.15, -0.1) is 0 Å². The first kappa shape index (κ1) is 19.5. The molecule has 0 aliphatic rings. The Bertz CT molecular complexity index is 995. The molecule has 0 heterocycles. The van der Waals surface area contributed by atoms with Crippen molar-refractivity contribution in [3.63, 3.8) is 0 Å². The summed E-state index contributed by atoms with van der Waals surface area (Å²) < 4.78 is 0. The van der Waals surface area contributed by atoms with Crippen molar-refractivity contribution in [3.05, 3.63) is 99.1 Å². The first-order valence-corrected chi connectivity index (χ1v) is 9.86. The highest BCUT2D eigenvalue weighted by Crippen LogP contribution is 2.31. The van der Waals surface area contributed by atoms with Gasteiger partial charge in [-0.25, -0.2) is 0 Å². The Labute approximate surface area is 168 Å². The van der Waals surface area contributed by atoms with Crippen molar-refractivity contribution in [2.45, 2.75) is 40.5 Å². The molecule has 3 rings (SSSR count). The van der Waals surface area contributed by atoms with E-state index in [0.29, 0.717) is 0 Å². The van der Waals surface area contributed by atoms with Crippen molar-refractivity contribution in [2.75, 3.05) is 0 Å². The van der Waals surface area contributed by atoms with Gasteiger partial charge in [-0.1, -0.05) is 66.7 Å². The average Bonchev–Trinajstić information content (AvgIpc) is 2.65. The molecule has 0 bridgehead atoms. The number of halogens is 1. The van der Waals surface area contributed by atoms with Crippen molar-refractivity contribution in [2.24, 2.45) is 0 Å². The summed E-state index contributed by atoms with van der Waals surface area (Å²) in [5.41, 5.74) is 11.6. The lowest BCUT2D eigenvalue weighted by atomic mass is 9.90. The van der Waals surface area contributed by atoms with Gasteiger partial charge in [0.2, 0.25) is 0 Å². The fourth-order valence-electron chi connectivity index (χ4n) is 3.71. The normalized spacial score (nSPS) is 10.9. The molecule has 0 aromatic heterocycles. The second kappa shape index (κ2) is 8.15. The number of benzene rings is 3. The molecule has 3 aromatic carbocycles. The summed E-state index contributed by atoms with van der Waals surface area (Å²) in [6.45, 7) is 12.6. The average molecular weight is 375 g/mol. The molecule has 0 atom stereocenters. The van der Waals surface area contributed by atoms with E-state index in [-0.39, 0.29) is 0 Å². The van der Waals surface area contributed by atoms with Crippen LogP contribution in [0.4, 0.5) is 0 Å². The molecular formula is C26H27Cl.